The largest absolute Gasteiger partial charge is 0.379 e. The van der Waals surface area contributed by atoms with Gasteiger partial charge in [-0.25, -0.2) is 9.37 Å². The van der Waals surface area contributed by atoms with Crippen molar-refractivity contribution in [1.29, 1.82) is 0 Å². The highest BCUT2D eigenvalue weighted by Gasteiger charge is 2.16. The number of aryl methyl sites for hydroxylation is 1. The number of nitrogens with one attached hydrogen (secondary N) is 1. The lowest BCUT2D eigenvalue weighted by Gasteiger charge is -2.26. The SMILES string of the molecule is Cc1nc(-c2ccc(F)cc2)sc1C(=O)NCCCCN1CCOCC1. The molecule has 0 bridgehead atoms. The van der Waals surface area contributed by atoms with E-state index < -0.39 is 0 Å². The fraction of sp³-hybridized carbons (Fsp3) is 0.474. The summed E-state index contributed by atoms with van der Waals surface area (Å²) in [5, 5.41) is 3.72. The third-order valence-corrected chi connectivity index (χ3v) is 5.59. The van der Waals surface area contributed by atoms with E-state index in [0.717, 1.165) is 56.3 Å². The second kappa shape index (κ2) is 9.21. The smallest absolute Gasteiger partial charge is 0.263 e. The van der Waals surface area contributed by atoms with Crippen LogP contribution in [0.1, 0.15) is 28.2 Å². The van der Waals surface area contributed by atoms with Crippen molar-refractivity contribution in [3.05, 3.63) is 40.7 Å². The van der Waals surface area contributed by atoms with E-state index in [0.29, 0.717) is 17.1 Å². The third-order valence-electron chi connectivity index (χ3n) is 4.38. The number of nitrogens with zero attached hydrogens (tertiary/aromatic N) is 2. The average Bonchev–Trinajstić information content (AvgIpc) is 3.04. The molecular formula is C19H24FN3O2S. The van der Waals surface area contributed by atoms with Gasteiger partial charge in [-0.2, -0.15) is 0 Å². The van der Waals surface area contributed by atoms with Crippen molar-refractivity contribution in [3.63, 3.8) is 0 Å². The molecule has 5 nitrogen and oxygen atoms in total. The molecule has 140 valence electrons. The molecule has 1 amide bonds. The second-order valence-electron chi connectivity index (χ2n) is 6.36. The Hall–Kier alpha value is -1.83. The molecule has 1 saturated heterocycles. The van der Waals surface area contributed by atoms with E-state index in [9.17, 15) is 9.18 Å². The zero-order valence-corrected chi connectivity index (χ0v) is 15.8. The molecular weight excluding hydrogens is 353 g/mol. The number of thiazole rings is 1. The summed E-state index contributed by atoms with van der Waals surface area (Å²) in [5.74, 6) is -0.364. The number of halogens is 1. The fourth-order valence-corrected chi connectivity index (χ4v) is 3.88. The van der Waals surface area contributed by atoms with Gasteiger partial charge in [-0.3, -0.25) is 9.69 Å². The van der Waals surface area contributed by atoms with Crippen molar-refractivity contribution in [2.24, 2.45) is 0 Å². The minimum atomic E-state index is -0.280. The molecule has 0 spiro atoms. The van der Waals surface area contributed by atoms with Crippen LogP contribution in [0.4, 0.5) is 4.39 Å². The van der Waals surface area contributed by atoms with Crippen molar-refractivity contribution in [2.75, 3.05) is 39.4 Å². The molecule has 0 atom stereocenters. The summed E-state index contributed by atoms with van der Waals surface area (Å²) in [4.78, 5) is 19.9. The summed E-state index contributed by atoms with van der Waals surface area (Å²) in [6.45, 7) is 7.17. The van der Waals surface area contributed by atoms with Crippen LogP contribution in [0.15, 0.2) is 24.3 Å². The van der Waals surface area contributed by atoms with E-state index in [2.05, 4.69) is 15.2 Å². The van der Waals surface area contributed by atoms with Crippen LogP contribution >= 0.6 is 11.3 Å². The van der Waals surface area contributed by atoms with Gasteiger partial charge in [0.25, 0.3) is 5.91 Å². The van der Waals surface area contributed by atoms with Crippen LogP contribution in [0.2, 0.25) is 0 Å². The lowest BCUT2D eigenvalue weighted by atomic mass is 10.2. The molecule has 1 aromatic carbocycles. The number of hydrogen-bond acceptors (Lipinski definition) is 5. The Morgan fingerprint density at radius 2 is 2.00 bits per heavy atom. The minimum Gasteiger partial charge on any atom is -0.379 e. The van der Waals surface area contributed by atoms with Gasteiger partial charge in [-0.1, -0.05) is 0 Å². The Morgan fingerprint density at radius 1 is 1.27 bits per heavy atom. The molecule has 0 aliphatic carbocycles. The van der Waals surface area contributed by atoms with Crippen molar-refractivity contribution in [1.82, 2.24) is 15.2 Å². The van der Waals surface area contributed by atoms with E-state index >= 15 is 0 Å². The Balaban J connectivity index is 1.46. The van der Waals surface area contributed by atoms with E-state index in [-0.39, 0.29) is 11.7 Å². The van der Waals surface area contributed by atoms with E-state index in [1.807, 2.05) is 6.92 Å². The summed E-state index contributed by atoms with van der Waals surface area (Å²) in [7, 11) is 0. The number of carbonyl (C=O) groups is 1. The predicted octanol–water partition coefficient (Wildman–Crippen LogP) is 3.10. The Bertz CT molecular complexity index is 727. The fourth-order valence-electron chi connectivity index (χ4n) is 2.89. The summed E-state index contributed by atoms with van der Waals surface area (Å²) in [6.07, 6.45) is 2.01. The molecule has 0 saturated carbocycles. The first-order valence-corrected chi connectivity index (χ1v) is 9.77. The maximum absolute atomic E-state index is 13.0. The maximum Gasteiger partial charge on any atom is 0.263 e. The van der Waals surface area contributed by atoms with Gasteiger partial charge >= 0.3 is 0 Å². The Kier molecular flexibility index (Phi) is 6.71. The molecule has 1 aliphatic rings. The summed E-state index contributed by atoms with van der Waals surface area (Å²) >= 11 is 1.35. The number of hydrogen-bond donors (Lipinski definition) is 1. The van der Waals surface area contributed by atoms with Crippen LogP contribution in [0.25, 0.3) is 10.6 Å². The van der Waals surface area contributed by atoms with Gasteiger partial charge in [-0.15, -0.1) is 11.3 Å². The van der Waals surface area contributed by atoms with Crippen molar-refractivity contribution < 1.29 is 13.9 Å². The van der Waals surface area contributed by atoms with Crippen LogP contribution in [-0.2, 0) is 4.74 Å². The van der Waals surface area contributed by atoms with Gasteiger partial charge in [0.1, 0.15) is 15.7 Å². The van der Waals surface area contributed by atoms with Gasteiger partial charge in [0.15, 0.2) is 0 Å². The number of benzene rings is 1. The molecule has 1 N–H and O–H groups in total. The number of rotatable bonds is 7. The number of unbranched alkanes of at least 4 members (excludes halogenated alkanes) is 1. The van der Waals surface area contributed by atoms with Gasteiger partial charge in [0, 0.05) is 25.2 Å². The normalized spacial score (nSPS) is 15.2. The van der Waals surface area contributed by atoms with Crippen LogP contribution in [0.5, 0.6) is 0 Å². The van der Waals surface area contributed by atoms with Crippen LogP contribution in [0, 0.1) is 12.7 Å². The minimum absolute atomic E-state index is 0.0836. The molecule has 26 heavy (non-hydrogen) atoms. The topological polar surface area (TPSA) is 54.5 Å². The van der Waals surface area contributed by atoms with Crippen molar-refractivity contribution in [3.8, 4) is 10.6 Å². The average molecular weight is 377 g/mol. The van der Waals surface area contributed by atoms with Gasteiger partial charge in [0.05, 0.1) is 18.9 Å². The zero-order valence-electron chi connectivity index (χ0n) is 15.0. The number of amides is 1. The number of aromatic nitrogens is 1. The van der Waals surface area contributed by atoms with Crippen LogP contribution in [-0.4, -0.2) is 55.2 Å². The molecule has 3 rings (SSSR count). The maximum atomic E-state index is 13.0. The summed E-state index contributed by atoms with van der Waals surface area (Å²) in [5.41, 5.74) is 1.53. The highest BCUT2D eigenvalue weighted by atomic mass is 32.1. The molecule has 0 unspecified atom stereocenters. The first kappa shape index (κ1) is 18.9. The van der Waals surface area contributed by atoms with Crippen molar-refractivity contribution in [2.45, 2.75) is 19.8 Å². The van der Waals surface area contributed by atoms with E-state index in [4.69, 9.17) is 4.74 Å². The van der Waals surface area contributed by atoms with Crippen molar-refractivity contribution >= 4 is 17.2 Å². The van der Waals surface area contributed by atoms with Gasteiger partial charge < -0.3 is 10.1 Å². The molecule has 2 heterocycles. The Morgan fingerprint density at radius 3 is 2.73 bits per heavy atom. The lowest BCUT2D eigenvalue weighted by Crippen LogP contribution is -2.37. The van der Waals surface area contributed by atoms with Crippen LogP contribution < -0.4 is 5.32 Å². The molecule has 1 aromatic heterocycles. The van der Waals surface area contributed by atoms with Gasteiger partial charge in [0.2, 0.25) is 0 Å². The monoisotopic (exact) mass is 377 g/mol. The highest BCUT2D eigenvalue weighted by Crippen LogP contribution is 2.28. The molecule has 7 heteroatoms. The van der Waals surface area contributed by atoms with E-state index in [1.54, 1.807) is 12.1 Å². The number of ether oxygens (including phenoxy) is 1. The zero-order chi connectivity index (χ0) is 18.4. The van der Waals surface area contributed by atoms with E-state index in [1.165, 1.54) is 23.5 Å². The molecule has 2 aromatic rings. The first-order chi connectivity index (χ1) is 12.6. The molecule has 0 radical (unpaired) electrons. The van der Waals surface area contributed by atoms with Crippen LogP contribution in [0.3, 0.4) is 0 Å². The molecule has 1 fully saturated rings. The number of carbonyl (C=O) groups excluding carboxylic acids is 1. The summed E-state index contributed by atoms with van der Waals surface area (Å²) < 4.78 is 18.4. The van der Waals surface area contributed by atoms with Gasteiger partial charge in [-0.05, 0) is 50.6 Å². The Labute approximate surface area is 157 Å². The standard InChI is InChI=1S/C19H24FN3O2S/c1-14-17(26-19(22-14)15-4-6-16(20)7-5-15)18(24)21-8-2-3-9-23-10-12-25-13-11-23/h4-7H,2-3,8-13H2,1H3,(H,21,24). The predicted molar refractivity (Wildman–Crippen MR) is 101 cm³/mol. The lowest BCUT2D eigenvalue weighted by molar-refractivity contribution is 0.0372. The highest BCUT2D eigenvalue weighted by molar-refractivity contribution is 7.17. The quantitative estimate of drug-likeness (QED) is 0.754. The molecule has 1 aliphatic heterocycles. The number of morpholine rings is 1. The first-order valence-electron chi connectivity index (χ1n) is 8.95. The third kappa shape index (κ3) is 5.09. The second-order valence-corrected chi connectivity index (χ2v) is 7.36. The summed E-state index contributed by atoms with van der Waals surface area (Å²) in [6, 6.07) is 6.17.